The van der Waals surface area contributed by atoms with Crippen LogP contribution in [0.25, 0.3) is 0 Å². The number of aryl methyl sites for hydroxylation is 2. The molecule has 0 spiro atoms. The van der Waals surface area contributed by atoms with E-state index < -0.39 is 28.0 Å². The van der Waals surface area contributed by atoms with Crippen LogP contribution < -0.4 is 10.6 Å². The molecule has 3 atom stereocenters. The molecule has 3 aromatic rings. The van der Waals surface area contributed by atoms with Gasteiger partial charge < -0.3 is 15.4 Å². The van der Waals surface area contributed by atoms with E-state index >= 15 is 0 Å². The number of hydrogen-bond donors (Lipinski definition) is 2. The first-order valence-electron chi connectivity index (χ1n) is 13.7. The lowest BCUT2D eigenvalue weighted by Gasteiger charge is -2.45. The average molecular weight is 549 g/mol. The third kappa shape index (κ3) is 4.69. The Balaban J connectivity index is 1.55. The molecule has 0 radical (unpaired) electrons. The summed E-state index contributed by atoms with van der Waals surface area (Å²) in [7, 11) is 0. The summed E-state index contributed by atoms with van der Waals surface area (Å²) < 4.78 is 41.0. The van der Waals surface area contributed by atoms with Gasteiger partial charge >= 0.3 is 6.18 Å². The van der Waals surface area contributed by atoms with Crippen molar-refractivity contribution in [3.63, 3.8) is 0 Å². The van der Waals surface area contributed by atoms with Gasteiger partial charge in [-0.3, -0.25) is 4.79 Å². The highest BCUT2D eigenvalue weighted by atomic mass is 19.4. The quantitative estimate of drug-likeness (QED) is 0.271. The Kier molecular flexibility index (Phi) is 6.84. The van der Waals surface area contributed by atoms with Gasteiger partial charge in [-0.1, -0.05) is 50.2 Å². The van der Waals surface area contributed by atoms with Gasteiger partial charge in [-0.2, -0.15) is 13.2 Å². The zero-order valence-corrected chi connectivity index (χ0v) is 23.3. The third-order valence-electron chi connectivity index (χ3n) is 9.47. The van der Waals surface area contributed by atoms with Crippen molar-refractivity contribution in [2.45, 2.75) is 76.4 Å². The Morgan fingerprint density at radius 3 is 2.42 bits per heavy atom. The Hall–Kier alpha value is -3.61. The number of aldehydes is 1. The number of rotatable bonds is 9. The second-order valence-corrected chi connectivity index (χ2v) is 12.1. The number of halogens is 3. The number of amides is 1. The molecule has 1 amide bonds. The molecule has 1 fully saturated rings. The summed E-state index contributed by atoms with van der Waals surface area (Å²) in [5.74, 6) is -0.188. The first-order chi connectivity index (χ1) is 18.8. The first-order valence-corrected chi connectivity index (χ1v) is 13.7. The normalized spacial score (nSPS) is 21.0. The van der Waals surface area contributed by atoms with Crippen molar-refractivity contribution >= 4 is 23.6 Å². The summed E-state index contributed by atoms with van der Waals surface area (Å²) in [6.07, 6.45) is -1.53. The van der Waals surface area contributed by atoms with E-state index in [0.717, 1.165) is 29.0 Å². The lowest BCUT2D eigenvalue weighted by molar-refractivity contribution is -0.137. The van der Waals surface area contributed by atoms with Crippen LogP contribution in [0.1, 0.15) is 67.9 Å². The van der Waals surface area contributed by atoms with Gasteiger partial charge in [0, 0.05) is 34.7 Å². The number of hydrogen-bond acceptors (Lipinski definition) is 3. The summed E-state index contributed by atoms with van der Waals surface area (Å²) in [5, 5.41) is 6.54. The van der Waals surface area contributed by atoms with Crippen molar-refractivity contribution in [1.82, 2.24) is 0 Å². The van der Waals surface area contributed by atoms with Gasteiger partial charge in [0.05, 0.1) is 11.0 Å². The van der Waals surface area contributed by atoms with Gasteiger partial charge in [-0.25, -0.2) is 0 Å². The van der Waals surface area contributed by atoms with Gasteiger partial charge in [0.2, 0.25) is 5.91 Å². The Morgan fingerprint density at radius 1 is 1.02 bits per heavy atom. The molecule has 1 aliphatic heterocycles. The molecule has 1 aliphatic carbocycles. The van der Waals surface area contributed by atoms with Crippen molar-refractivity contribution in [1.29, 1.82) is 0 Å². The highest BCUT2D eigenvalue weighted by Crippen LogP contribution is 2.65. The van der Waals surface area contributed by atoms with E-state index in [1.807, 2.05) is 76.2 Å². The van der Waals surface area contributed by atoms with Gasteiger partial charge in [-0.05, 0) is 85.7 Å². The molecule has 2 aliphatic rings. The van der Waals surface area contributed by atoms with Crippen LogP contribution in [0.5, 0.6) is 0 Å². The van der Waals surface area contributed by atoms with E-state index in [9.17, 15) is 22.8 Å². The molecule has 210 valence electrons. The molecule has 3 unspecified atom stereocenters. The summed E-state index contributed by atoms with van der Waals surface area (Å²) in [6.45, 7) is 7.99. The van der Waals surface area contributed by atoms with E-state index in [1.165, 1.54) is 12.1 Å². The summed E-state index contributed by atoms with van der Waals surface area (Å²) >= 11 is 0. The smallest absolute Gasteiger partial charge is 0.381 e. The minimum absolute atomic E-state index is 0.0148. The Morgan fingerprint density at radius 2 is 1.75 bits per heavy atom. The largest absolute Gasteiger partial charge is 0.416 e. The average Bonchev–Trinajstić information content (AvgIpc) is 3.52. The number of benzene rings is 3. The van der Waals surface area contributed by atoms with Crippen LogP contribution >= 0.6 is 0 Å². The molecule has 1 heterocycles. The maximum absolute atomic E-state index is 14.4. The second kappa shape index (κ2) is 9.79. The molecular weight excluding hydrogens is 513 g/mol. The Labute approximate surface area is 233 Å². The van der Waals surface area contributed by atoms with Crippen LogP contribution in [-0.2, 0) is 33.0 Å². The van der Waals surface area contributed by atoms with Gasteiger partial charge in [0.15, 0.2) is 0 Å². The van der Waals surface area contributed by atoms with Crippen molar-refractivity contribution in [2.75, 3.05) is 10.6 Å². The molecule has 0 bridgehead atoms. The summed E-state index contributed by atoms with van der Waals surface area (Å²) in [4.78, 5) is 25.3. The van der Waals surface area contributed by atoms with Gasteiger partial charge in [-0.15, -0.1) is 0 Å². The number of carbonyl (C=O) groups excluding carboxylic acids is 2. The lowest BCUT2D eigenvalue weighted by Crippen LogP contribution is -2.50. The lowest BCUT2D eigenvalue weighted by atomic mass is 9.58. The van der Waals surface area contributed by atoms with Crippen LogP contribution in [0, 0.1) is 12.3 Å². The molecule has 0 aromatic heterocycles. The molecule has 4 nitrogen and oxygen atoms in total. The van der Waals surface area contributed by atoms with Crippen LogP contribution in [-0.4, -0.2) is 18.2 Å². The number of carbonyl (C=O) groups is 2. The molecule has 40 heavy (non-hydrogen) atoms. The van der Waals surface area contributed by atoms with Crippen LogP contribution in [0.4, 0.5) is 24.5 Å². The van der Waals surface area contributed by atoms with Crippen molar-refractivity contribution in [2.24, 2.45) is 5.41 Å². The van der Waals surface area contributed by atoms with E-state index in [0.29, 0.717) is 42.6 Å². The van der Waals surface area contributed by atoms with Crippen LogP contribution in [0.3, 0.4) is 0 Å². The van der Waals surface area contributed by atoms with Crippen LogP contribution in [0.2, 0.25) is 0 Å². The number of fused-ring (bicyclic) bond motifs is 3. The predicted molar refractivity (Wildman–Crippen MR) is 152 cm³/mol. The zero-order chi connectivity index (χ0) is 28.9. The number of anilines is 2. The molecule has 1 saturated carbocycles. The first kappa shape index (κ1) is 27.9. The fourth-order valence-corrected chi connectivity index (χ4v) is 6.42. The fourth-order valence-electron chi connectivity index (χ4n) is 6.42. The molecule has 0 saturated heterocycles. The standard InChI is InChI=1S/C33H35F3N2O2/c1-21-12-14-25(17-22(21)9-8-16-39)37-29(40)31(4,30(2,3)23-10-6-5-7-11-23)20-32-19-28(32)38-27-15-13-24(18-26(27)32)33(34,35)36/h5-7,10-18,28,38H,8-9,19-20H2,1-4H3,(H,37,40). The second-order valence-electron chi connectivity index (χ2n) is 12.1. The maximum atomic E-state index is 14.4. The molecular formula is C33H35F3N2O2. The van der Waals surface area contributed by atoms with Crippen molar-refractivity contribution in [3.8, 4) is 0 Å². The van der Waals surface area contributed by atoms with Crippen LogP contribution in [0.15, 0.2) is 66.7 Å². The van der Waals surface area contributed by atoms with Crippen molar-refractivity contribution < 1.29 is 22.8 Å². The maximum Gasteiger partial charge on any atom is 0.416 e. The van der Waals surface area contributed by atoms with E-state index in [2.05, 4.69) is 10.6 Å². The minimum atomic E-state index is -4.44. The zero-order valence-electron chi connectivity index (χ0n) is 23.3. The summed E-state index contributed by atoms with van der Waals surface area (Å²) in [5.41, 5.74) is 2.11. The topological polar surface area (TPSA) is 58.2 Å². The van der Waals surface area contributed by atoms with Gasteiger partial charge in [0.25, 0.3) is 0 Å². The number of nitrogens with one attached hydrogen (secondary N) is 2. The molecule has 2 N–H and O–H groups in total. The van der Waals surface area contributed by atoms with Crippen molar-refractivity contribution in [3.05, 3.63) is 94.5 Å². The SMILES string of the molecule is Cc1ccc(NC(=O)C(C)(CC23CC2Nc2ccc(C(F)(F)F)cc23)C(C)(C)c2ccccc2)cc1CCC=O. The van der Waals surface area contributed by atoms with Gasteiger partial charge in [0.1, 0.15) is 6.29 Å². The molecule has 3 aromatic carbocycles. The third-order valence-corrected chi connectivity index (χ3v) is 9.47. The monoisotopic (exact) mass is 548 g/mol. The predicted octanol–water partition coefficient (Wildman–Crippen LogP) is 7.59. The minimum Gasteiger partial charge on any atom is -0.381 e. The molecule has 5 rings (SSSR count). The van der Waals surface area contributed by atoms with E-state index in [-0.39, 0.29) is 11.9 Å². The highest BCUT2D eigenvalue weighted by Gasteiger charge is 2.65. The van der Waals surface area contributed by atoms with E-state index in [1.54, 1.807) is 0 Å². The summed E-state index contributed by atoms with van der Waals surface area (Å²) in [6, 6.07) is 19.4. The molecule has 7 heteroatoms. The Bertz CT molecular complexity index is 1450. The van der Waals surface area contributed by atoms with E-state index in [4.69, 9.17) is 0 Å². The fraction of sp³-hybridized carbons (Fsp3) is 0.394. The highest BCUT2D eigenvalue weighted by molar-refractivity contribution is 5.97. The number of alkyl halides is 3.